The molecule has 4 heteroatoms. The molecule has 0 radical (unpaired) electrons. The second-order valence-electron chi connectivity index (χ2n) is 5.50. The first-order chi connectivity index (χ1) is 9.15. The highest BCUT2D eigenvalue weighted by Crippen LogP contribution is 2.20. The lowest BCUT2D eigenvalue weighted by molar-refractivity contribution is -0.0504. The number of nitrogens with zero attached hydrogens (tertiary/aromatic N) is 1. The Bertz CT molecular complexity index is 395. The van der Waals surface area contributed by atoms with Crippen molar-refractivity contribution in [2.45, 2.75) is 20.0 Å². The smallest absolute Gasteiger partial charge is 0.142 e. The monoisotopic (exact) mass is 264 g/mol. The first-order valence-electron chi connectivity index (χ1n) is 6.96. The number of nitrogens with two attached hydrogens (primary N) is 1. The van der Waals surface area contributed by atoms with Gasteiger partial charge in [-0.15, -0.1) is 0 Å². The molecule has 106 valence electrons. The molecule has 2 N–H and O–H groups in total. The number of ether oxygens (including phenoxy) is 2. The van der Waals surface area contributed by atoms with Crippen LogP contribution in [0.25, 0.3) is 0 Å². The molecule has 1 saturated heterocycles. The predicted octanol–water partition coefficient (Wildman–Crippen LogP) is 2.00. The average Bonchev–Trinajstić information content (AvgIpc) is 2.37. The van der Waals surface area contributed by atoms with Crippen molar-refractivity contribution in [3.8, 4) is 5.75 Å². The second kappa shape index (κ2) is 6.78. The average molecular weight is 264 g/mol. The standard InChI is InChI=1S/C15H24N2O2/c1-12(2)9-17-7-8-18-13(10-17)11-19-15-6-4-3-5-14(15)16/h3-6,12-13H,7-11,16H2,1-2H3. The molecular formula is C15H24N2O2. The van der Waals surface area contributed by atoms with E-state index in [1.54, 1.807) is 0 Å². The van der Waals surface area contributed by atoms with Crippen molar-refractivity contribution >= 4 is 5.69 Å². The Balaban J connectivity index is 1.81. The van der Waals surface area contributed by atoms with E-state index in [1.165, 1.54) is 0 Å². The topological polar surface area (TPSA) is 47.7 Å². The van der Waals surface area contributed by atoms with E-state index in [1.807, 2.05) is 24.3 Å². The largest absolute Gasteiger partial charge is 0.489 e. The van der Waals surface area contributed by atoms with E-state index in [2.05, 4.69) is 18.7 Å². The molecule has 1 aliphatic heterocycles. The lowest BCUT2D eigenvalue weighted by Crippen LogP contribution is -2.46. The van der Waals surface area contributed by atoms with Crippen LogP contribution in [0.1, 0.15) is 13.8 Å². The Labute approximate surface area is 115 Å². The van der Waals surface area contributed by atoms with E-state index in [0.717, 1.165) is 32.0 Å². The second-order valence-corrected chi connectivity index (χ2v) is 5.50. The van der Waals surface area contributed by atoms with Gasteiger partial charge in [0.25, 0.3) is 0 Å². The molecule has 1 aromatic carbocycles. The molecule has 19 heavy (non-hydrogen) atoms. The van der Waals surface area contributed by atoms with Gasteiger partial charge in [0, 0.05) is 19.6 Å². The van der Waals surface area contributed by atoms with Crippen LogP contribution in [0.15, 0.2) is 24.3 Å². The molecule has 0 saturated carbocycles. The fourth-order valence-corrected chi connectivity index (χ4v) is 2.36. The number of anilines is 1. The summed E-state index contributed by atoms with van der Waals surface area (Å²) < 4.78 is 11.5. The van der Waals surface area contributed by atoms with Crippen molar-refractivity contribution < 1.29 is 9.47 Å². The van der Waals surface area contributed by atoms with E-state index in [-0.39, 0.29) is 6.10 Å². The van der Waals surface area contributed by atoms with Gasteiger partial charge in [-0.1, -0.05) is 26.0 Å². The maximum atomic E-state index is 5.85. The van der Waals surface area contributed by atoms with Gasteiger partial charge in [-0.05, 0) is 18.1 Å². The number of nitrogen functional groups attached to an aromatic ring is 1. The SMILES string of the molecule is CC(C)CN1CCOC(COc2ccccc2N)C1. The molecule has 0 aromatic heterocycles. The molecule has 0 spiro atoms. The first-order valence-corrected chi connectivity index (χ1v) is 6.96. The molecule has 2 rings (SSSR count). The van der Waals surface area contributed by atoms with E-state index < -0.39 is 0 Å². The van der Waals surface area contributed by atoms with Gasteiger partial charge in [0.05, 0.1) is 12.3 Å². The zero-order chi connectivity index (χ0) is 13.7. The molecule has 4 nitrogen and oxygen atoms in total. The highest BCUT2D eigenvalue weighted by Gasteiger charge is 2.21. The molecule has 0 amide bonds. The van der Waals surface area contributed by atoms with E-state index >= 15 is 0 Å². The molecule has 1 aromatic rings. The van der Waals surface area contributed by atoms with Crippen molar-refractivity contribution in [2.75, 3.05) is 38.6 Å². The van der Waals surface area contributed by atoms with Gasteiger partial charge in [0.15, 0.2) is 0 Å². The minimum absolute atomic E-state index is 0.132. The van der Waals surface area contributed by atoms with Crippen LogP contribution < -0.4 is 10.5 Å². The van der Waals surface area contributed by atoms with Crippen molar-refractivity contribution in [2.24, 2.45) is 5.92 Å². The minimum atomic E-state index is 0.132. The van der Waals surface area contributed by atoms with Gasteiger partial charge < -0.3 is 15.2 Å². The van der Waals surface area contributed by atoms with Crippen LogP contribution in [-0.4, -0.2) is 43.9 Å². The fraction of sp³-hybridized carbons (Fsp3) is 0.600. The van der Waals surface area contributed by atoms with Gasteiger partial charge in [0.2, 0.25) is 0 Å². The zero-order valence-corrected chi connectivity index (χ0v) is 11.8. The summed E-state index contributed by atoms with van der Waals surface area (Å²) in [5.41, 5.74) is 6.53. The summed E-state index contributed by atoms with van der Waals surface area (Å²) in [6.45, 7) is 8.89. The lowest BCUT2D eigenvalue weighted by atomic mass is 10.2. The quantitative estimate of drug-likeness (QED) is 0.826. The van der Waals surface area contributed by atoms with Crippen LogP contribution in [0.3, 0.4) is 0 Å². The molecule has 1 aliphatic rings. The van der Waals surface area contributed by atoms with Crippen molar-refractivity contribution in [3.05, 3.63) is 24.3 Å². The summed E-state index contributed by atoms with van der Waals surface area (Å²) in [5.74, 6) is 1.43. The maximum Gasteiger partial charge on any atom is 0.142 e. The number of morpholine rings is 1. The number of para-hydroxylation sites is 2. The Kier molecular flexibility index (Phi) is 5.05. The van der Waals surface area contributed by atoms with Gasteiger partial charge in [-0.25, -0.2) is 0 Å². The number of hydrogen-bond donors (Lipinski definition) is 1. The highest BCUT2D eigenvalue weighted by atomic mass is 16.5. The van der Waals surface area contributed by atoms with Crippen LogP contribution in [0.4, 0.5) is 5.69 Å². The summed E-state index contributed by atoms with van der Waals surface area (Å²) in [4.78, 5) is 2.44. The third-order valence-electron chi connectivity index (χ3n) is 3.19. The first kappa shape index (κ1) is 14.2. The Morgan fingerprint density at radius 3 is 2.95 bits per heavy atom. The van der Waals surface area contributed by atoms with E-state index in [4.69, 9.17) is 15.2 Å². The van der Waals surface area contributed by atoms with Crippen LogP contribution in [0.2, 0.25) is 0 Å². The third kappa shape index (κ3) is 4.40. The van der Waals surface area contributed by atoms with Crippen molar-refractivity contribution in [3.63, 3.8) is 0 Å². The van der Waals surface area contributed by atoms with Crippen molar-refractivity contribution in [1.29, 1.82) is 0 Å². The summed E-state index contributed by atoms with van der Waals surface area (Å²) in [5, 5.41) is 0. The molecule has 0 bridgehead atoms. The fourth-order valence-electron chi connectivity index (χ4n) is 2.36. The maximum absolute atomic E-state index is 5.85. The van der Waals surface area contributed by atoms with Crippen LogP contribution >= 0.6 is 0 Å². The Morgan fingerprint density at radius 1 is 1.42 bits per heavy atom. The van der Waals surface area contributed by atoms with Gasteiger partial charge >= 0.3 is 0 Å². The molecular weight excluding hydrogens is 240 g/mol. The molecule has 1 unspecified atom stereocenters. The summed E-state index contributed by atoms with van der Waals surface area (Å²) in [6, 6.07) is 7.58. The van der Waals surface area contributed by atoms with Crippen molar-refractivity contribution in [1.82, 2.24) is 4.90 Å². The highest BCUT2D eigenvalue weighted by molar-refractivity contribution is 5.51. The molecule has 1 atom stereocenters. The predicted molar refractivity (Wildman–Crippen MR) is 77.4 cm³/mol. The number of rotatable bonds is 5. The zero-order valence-electron chi connectivity index (χ0n) is 11.8. The molecule has 1 fully saturated rings. The van der Waals surface area contributed by atoms with Crippen LogP contribution in [0, 0.1) is 5.92 Å². The van der Waals surface area contributed by atoms with E-state index in [9.17, 15) is 0 Å². The molecule has 0 aliphatic carbocycles. The third-order valence-corrected chi connectivity index (χ3v) is 3.19. The molecule has 1 heterocycles. The normalized spacial score (nSPS) is 20.7. The Morgan fingerprint density at radius 2 is 2.21 bits per heavy atom. The summed E-state index contributed by atoms with van der Waals surface area (Å²) >= 11 is 0. The van der Waals surface area contributed by atoms with Gasteiger partial charge in [0.1, 0.15) is 18.5 Å². The van der Waals surface area contributed by atoms with Gasteiger partial charge in [-0.2, -0.15) is 0 Å². The van der Waals surface area contributed by atoms with Crippen LogP contribution in [-0.2, 0) is 4.74 Å². The summed E-state index contributed by atoms with van der Waals surface area (Å²) in [6.07, 6.45) is 0.132. The lowest BCUT2D eigenvalue weighted by Gasteiger charge is -2.33. The summed E-state index contributed by atoms with van der Waals surface area (Å²) in [7, 11) is 0. The number of hydrogen-bond acceptors (Lipinski definition) is 4. The van der Waals surface area contributed by atoms with E-state index in [0.29, 0.717) is 18.2 Å². The van der Waals surface area contributed by atoms with Crippen LogP contribution in [0.5, 0.6) is 5.75 Å². The Hall–Kier alpha value is -1.26. The minimum Gasteiger partial charge on any atom is -0.489 e. The number of benzene rings is 1. The van der Waals surface area contributed by atoms with Gasteiger partial charge in [-0.3, -0.25) is 4.90 Å².